The van der Waals surface area contributed by atoms with E-state index in [1.54, 1.807) is 0 Å². The van der Waals surface area contributed by atoms with E-state index in [0.717, 1.165) is 37.8 Å². The van der Waals surface area contributed by atoms with Crippen LogP contribution in [0.2, 0.25) is 0 Å². The van der Waals surface area contributed by atoms with Gasteiger partial charge < -0.3 is 10.4 Å². The summed E-state index contributed by atoms with van der Waals surface area (Å²) in [6.45, 7) is 5.14. The van der Waals surface area contributed by atoms with Crippen LogP contribution >= 0.6 is 0 Å². The Labute approximate surface area is 162 Å². The van der Waals surface area contributed by atoms with Crippen LogP contribution < -0.4 is 5.32 Å². The summed E-state index contributed by atoms with van der Waals surface area (Å²) >= 11 is 0. The first-order valence-corrected chi connectivity index (χ1v) is 10.3. The van der Waals surface area contributed by atoms with Crippen molar-refractivity contribution in [3.63, 3.8) is 0 Å². The highest BCUT2D eigenvalue weighted by Crippen LogP contribution is 2.36. The number of aliphatic carboxylic acids is 1. The Morgan fingerprint density at radius 2 is 1.78 bits per heavy atom. The molecule has 2 N–H and O–H groups in total. The largest absolute Gasteiger partial charge is 0.480 e. The first-order valence-electron chi connectivity index (χ1n) is 10.3. The molecule has 2 aliphatic carbocycles. The van der Waals surface area contributed by atoms with E-state index in [2.05, 4.69) is 24.1 Å². The van der Waals surface area contributed by atoms with Gasteiger partial charge in [0.15, 0.2) is 0 Å². The summed E-state index contributed by atoms with van der Waals surface area (Å²) in [5.41, 5.74) is 0.589. The Bertz CT molecular complexity index is 647. The lowest BCUT2D eigenvalue weighted by Crippen LogP contribution is -2.58. The molecule has 2 fully saturated rings. The molecule has 2 saturated carbocycles. The molecule has 0 saturated heterocycles. The maximum Gasteiger partial charge on any atom is 0.317 e. The van der Waals surface area contributed by atoms with Crippen molar-refractivity contribution in [2.24, 2.45) is 5.92 Å². The molecule has 0 atom stereocenters. The Morgan fingerprint density at radius 1 is 1.15 bits per heavy atom. The maximum atomic E-state index is 13.2. The van der Waals surface area contributed by atoms with Gasteiger partial charge in [-0.25, -0.2) is 0 Å². The molecule has 1 amide bonds. The molecule has 0 aliphatic heterocycles. The minimum Gasteiger partial charge on any atom is -0.480 e. The van der Waals surface area contributed by atoms with Crippen LogP contribution in [-0.4, -0.2) is 47.1 Å². The monoisotopic (exact) mass is 372 g/mol. The lowest BCUT2D eigenvalue weighted by molar-refractivity contribution is -0.140. The van der Waals surface area contributed by atoms with Crippen molar-refractivity contribution in [3.8, 4) is 0 Å². The van der Waals surface area contributed by atoms with Crippen LogP contribution in [0, 0.1) is 5.92 Å². The number of carbonyl (C=O) groups excluding carboxylic acids is 1. The second kappa shape index (κ2) is 8.42. The molecule has 1 aromatic rings. The molecule has 5 heteroatoms. The van der Waals surface area contributed by atoms with Crippen molar-refractivity contribution in [1.29, 1.82) is 0 Å². The van der Waals surface area contributed by atoms with Gasteiger partial charge in [-0.3, -0.25) is 14.5 Å². The third-order valence-corrected chi connectivity index (χ3v) is 6.46. The van der Waals surface area contributed by atoms with E-state index in [9.17, 15) is 14.7 Å². The third-order valence-electron chi connectivity index (χ3n) is 6.46. The fourth-order valence-corrected chi connectivity index (χ4v) is 4.34. The molecule has 148 valence electrons. The number of amides is 1. The van der Waals surface area contributed by atoms with Crippen LogP contribution in [0.4, 0.5) is 0 Å². The SMILES string of the molecule is CCC(CC)(C(=O)NC1CC(N(CC(=O)O)CC2CC2)C1)c1ccccc1. The number of benzene rings is 1. The minimum absolute atomic E-state index is 0.106. The molecule has 2 aliphatic rings. The standard InChI is InChI=1S/C22H32N2O3/c1-3-22(4-2,17-8-6-5-7-9-17)21(27)23-18-12-19(13-18)24(15-20(25)26)14-16-10-11-16/h5-9,16,18-19H,3-4,10-15H2,1-2H3,(H,23,27)(H,25,26). The molecule has 0 aromatic heterocycles. The first kappa shape index (κ1) is 19.9. The summed E-state index contributed by atoms with van der Waals surface area (Å²) in [4.78, 5) is 26.4. The van der Waals surface area contributed by atoms with Crippen LogP contribution in [0.5, 0.6) is 0 Å². The van der Waals surface area contributed by atoms with E-state index in [0.29, 0.717) is 5.92 Å². The van der Waals surface area contributed by atoms with E-state index in [1.807, 2.05) is 30.3 Å². The third kappa shape index (κ3) is 4.52. The smallest absolute Gasteiger partial charge is 0.317 e. The zero-order valence-corrected chi connectivity index (χ0v) is 16.5. The highest BCUT2D eigenvalue weighted by Gasteiger charge is 2.42. The van der Waals surface area contributed by atoms with Crippen LogP contribution in [0.25, 0.3) is 0 Å². The average Bonchev–Trinajstić information content (AvgIpc) is 3.43. The zero-order chi connectivity index (χ0) is 19.4. The molecule has 5 nitrogen and oxygen atoms in total. The Balaban J connectivity index is 1.59. The number of rotatable bonds is 10. The van der Waals surface area contributed by atoms with Crippen LogP contribution in [0.3, 0.4) is 0 Å². The van der Waals surface area contributed by atoms with E-state index in [4.69, 9.17) is 0 Å². The summed E-state index contributed by atoms with van der Waals surface area (Å²) in [6.07, 6.45) is 5.67. The summed E-state index contributed by atoms with van der Waals surface area (Å²) in [7, 11) is 0. The quantitative estimate of drug-likeness (QED) is 0.662. The number of nitrogens with zero attached hydrogens (tertiary/aromatic N) is 1. The fourth-order valence-electron chi connectivity index (χ4n) is 4.34. The minimum atomic E-state index is -0.761. The van der Waals surface area contributed by atoms with Gasteiger partial charge in [-0.15, -0.1) is 0 Å². The summed E-state index contributed by atoms with van der Waals surface area (Å²) < 4.78 is 0. The van der Waals surface area contributed by atoms with Crippen molar-refractivity contribution >= 4 is 11.9 Å². The van der Waals surface area contributed by atoms with Crippen molar-refractivity contribution in [3.05, 3.63) is 35.9 Å². The molecule has 0 unspecified atom stereocenters. The molecular formula is C22H32N2O3. The maximum absolute atomic E-state index is 13.2. The van der Waals surface area contributed by atoms with Crippen molar-refractivity contribution in [1.82, 2.24) is 10.2 Å². The number of carboxylic acid groups (broad SMARTS) is 1. The Morgan fingerprint density at radius 3 is 2.30 bits per heavy atom. The highest BCUT2D eigenvalue weighted by molar-refractivity contribution is 5.88. The predicted octanol–water partition coefficient (Wildman–Crippen LogP) is 3.19. The second-order valence-electron chi connectivity index (χ2n) is 8.22. The average molecular weight is 373 g/mol. The van der Waals surface area contributed by atoms with Gasteiger partial charge in [0.25, 0.3) is 0 Å². The van der Waals surface area contributed by atoms with Gasteiger partial charge in [0.2, 0.25) is 5.91 Å². The van der Waals surface area contributed by atoms with Gasteiger partial charge in [-0.2, -0.15) is 0 Å². The topological polar surface area (TPSA) is 69.6 Å². The summed E-state index contributed by atoms with van der Waals surface area (Å²) in [5.74, 6) is 0.0150. The lowest BCUT2D eigenvalue weighted by Gasteiger charge is -2.44. The predicted molar refractivity (Wildman–Crippen MR) is 106 cm³/mol. The molecule has 0 heterocycles. The van der Waals surface area contributed by atoms with E-state index in [1.165, 1.54) is 12.8 Å². The first-order chi connectivity index (χ1) is 13.0. The Hall–Kier alpha value is -1.88. The number of hydrogen-bond acceptors (Lipinski definition) is 3. The van der Waals surface area contributed by atoms with Gasteiger partial charge in [0, 0.05) is 18.6 Å². The van der Waals surface area contributed by atoms with E-state index in [-0.39, 0.29) is 24.5 Å². The Kier molecular flexibility index (Phi) is 6.20. The zero-order valence-electron chi connectivity index (χ0n) is 16.5. The van der Waals surface area contributed by atoms with Gasteiger partial charge in [0.1, 0.15) is 0 Å². The molecule has 0 radical (unpaired) electrons. The molecule has 3 rings (SSSR count). The van der Waals surface area contributed by atoms with Gasteiger partial charge in [-0.1, -0.05) is 44.2 Å². The number of carbonyl (C=O) groups is 2. The van der Waals surface area contributed by atoms with Crippen LogP contribution in [-0.2, 0) is 15.0 Å². The molecular weight excluding hydrogens is 340 g/mol. The van der Waals surface area contributed by atoms with Crippen molar-refractivity contribution < 1.29 is 14.7 Å². The van der Waals surface area contributed by atoms with Crippen molar-refractivity contribution in [2.45, 2.75) is 69.9 Å². The lowest BCUT2D eigenvalue weighted by atomic mass is 9.74. The van der Waals surface area contributed by atoms with E-state index < -0.39 is 11.4 Å². The second-order valence-corrected chi connectivity index (χ2v) is 8.22. The van der Waals surface area contributed by atoms with Gasteiger partial charge in [0.05, 0.1) is 12.0 Å². The molecule has 0 spiro atoms. The van der Waals surface area contributed by atoms with Crippen LogP contribution in [0.1, 0.15) is 57.9 Å². The normalized spacial score (nSPS) is 22.3. The fraction of sp³-hybridized carbons (Fsp3) is 0.636. The number of carboxylic acids is 1. The summed E-state index contributed by atoms with van der Waals surface area (Å²) in [6, 6.07) is 10.5. The number of hydrogen-bond donors (Lipinski definition) is 2. The van der Waals surface area contributed by atoms with E-state index >= 15 is 0 Å². The highest BCUT2D eigenvalue weighted by atomic mass is 16.4. The van der Waals surface area contributed by atoms with Crippen molar-refractivity contribution in [2.75, 3.05) is 13.1 Å². The van der Waals surface area contributed by atoms with Crippen LogP contribution in [0.15, 0.2) is 30.3 Å². The van der Waals surface area contributed by atoms with Gasteiger partial charge >= 0.3 is 5.97 Å². The molecule has 0 bridgehead atoms. The molecule has 1 aromatic carbocycles. The van der Waals surface area contributed by atoms with Gasteiger partial charge in [-0.05, 0) is 50.0 Å². The molecule has 27 heavy (non-hydrogen) atoms. The number of nitrogens with one attached hydrogen (secondary N) is 1. The summed E-state index contributed by atoms with van der Waals surface area (Å²) in [5, 5.41) is 12.4.